The Morgan fingerprint density at radius 1 is 1.56 bits per heavy atom. The van der Waals surface area contributed by atoms with Gasteiger partial charge in [0.1, 0.15) is 11.5 Å². The third-order valence-corrected chi connectivity index (χ3v) is 3.09. The lowest BCUT2D eigenvalue weighted by atomic mass is 10.1. The number of furan rings is 1. The van der Waals surface area contributed by atoms with Gasteiger partial charge in [0.2, 0.25) is 0 Å². The van der Waals surface area contributed by atoms with E-state index in [-0.39, 0.29) is 6.61 Å². The zero-order chi connectivity index (χ0) is 11.4. The Morgan fingerprint density at radius 3 is 3.12 bits per heavy atom. The fourth-order valence-corrected chi connectivity index (χ4v) is 2.22. The van der Waals surface area contributed by atoms with Gasteiger partial charge in [-0.3, -0.25) is 4.90 Å². The average molecular weight is 224 g/mol. The molecule has 1 aromatic rings. The Hall–Kier alpha value is -0.840. The Bertz CT molecular complexity index is 323. The largest absolute Gasteiger partial charge is 0.465 e. The number of aliphatic hydroxyl groups is 1. The van der Waals surface area contributed by atoms with E-state index in [1.54, 1.807) is 0 Å². The molecule has 1 aliphatic rings. The van der Waals surface area contributed by atoms with Gasteiger partial charge in [-0.15, -0.1) is 0 Å². The summed E-state index contributed by atoms with van der Waals surface area (Å²) in [6.45, 7) is 6.05. The molecule has 1 aromatic heterocycles. The molecule has 90 valence electrons. The second-order valence-electron chi connectivity index (χ2n) is 4.35. The molecule has 2 N–H and O–H groups in total. The van der Waals surface area contributed by atoms with Gasteiger partial charge in [0.05, 0.1) is 6.54 Å². The highest BCUT2D eigenvalue weighted by molar-refractivity contribution is 5.05. The lowest BCUT2D eigenvalue weighted by molar-refractivity contribution is 0.115. The van der Waals surface area contributed by atoms with E-state index >= 15 is 0 Å². The first-order chi connectivity index (χ1) is 7.79. The van der Waals surface area contributed by atoms with E-state index in [0.29, 0.717) is 6.04 Å². The number of aliphatic hydroxyl groups excluding tert-OH is 1. The van der Waals surface area contributed by atoms with Crippen molar-refractivity contribution in [2.24, 2.45) is 0 Å². The number of nitrogens with zero attached hydrogens (tertiary/aromatic N) is 1. The first-order valence-corrected chi connectivity index (χ1v) is 5.90. The predicted molar refractivity (Wildman–Crippen MR) is 62.2 cm³/mol. The molecule has 2 rings (SSSR count). The molecule has 0 bridgehead atoms. The first kappa shape index (κ1) is 11.6. The quantitative estimate of drug-likeness (QED) is 0.792. The normalized spacial score (nSPS) is 22.5. The van der Waals surface area contributed by atoms with Crippen LogP contribution in [0.15, 0.2) is 16.5 Å². The van der Waals surface area contributed by atoms with Crippen molar-refractivity contribution in [2.45, 2.75) is 25.9 Å². The smallest absolute Gasteiger partial charge is 0.118 e. The van der Waals surface area contributed by atoms with Crippen molar-refractivity contribution in [2.75, 3.05) is 26.2 Å². The molecule has 0 saturated carbocycles. The molecule has 0 aliphatic carbocycles. The molecule has 0 spiro atoms. The fraction of sp³-hybridized carbons (Fsp3) is 0.667. The molecule has 0 aromatic carbocycles. The van der Waals surface area contributed by atoms with Gasteiger partial charge in [0, 0.05) is 32.3 Å². The Labute approximate surface area is 96.2 Å². The lowest BCUT2D eigenvalue weighted by Crippen LogP contribution is -2.50. The Kier molecular flexibility index (Phi) is 3.98. The van der Waals surface area contributed by atoms with E-state index in [1.807, 2.05) is 19.1 Å². The minimum absolute atomic E-state index is 0.250. The monoisotopic (exact) mass is 224 g/mol. The molecule has 1 atom stereocenters. The molecule has 4 nitrogen and oxygen atoms in total. The highest BCUT2D eigenvalue weighted by atomic mass is 16.3. The van der Waals surface area contributed by atoms with Crippen LogP contribution in [0.5, 0.6) is 0 Å². The predicted octanol–water partition coefficient (Wildman–Crippen LogP) is 0.744. The average Bonchev–Trinajstić information content (AvgIpc) is 2.67. The molecule has 0 radical (unpaired) electrons. The van der Waals surface area contributed by atoms with Gasteiger partial charge in [0.15, 0.2) is 0 Å². The van der Waals surface area contributed by atoms with Gasteiger partial charge in [-0.2, -0.15) is 0 Å². The molecular weight excluding hydrogens is 204 g/mol. The maximum Gasteiger partial charge on any atom is 0.118 e. The second-order valence-corrected chi connectivity index (χ2v) is 4.35. The van der Waals surface area contributed by atoms with Gasteiger partial charge < -0.3 is 14.8 Å². The van der Waals surface area contributed by atoms with Gasteiger partial charge in [-0.25, -0.2) is 0 Å². The third-order valence-electron chi connectivity index (χ3n) is 3.09. The minimum Gasteiger partial charge on any atom is -0.465 e. The van der Waals surface area contributed by atoms with Crippen molar-refractivity contribution in [1.29, 1.82) is 0 Å². The number of piperazine rings is 1. The topological polar surface area (TPSA) is 48.6 Å². The summed E-state index contributed by atoms with van der Waals surface area (Å²) in [5, 5.41) is 12.4. The molecule has 1 aliphatic heterocycles. The number of hydrogen-bond donors (Lipinski definition) is 2. The van der Waals surface area contributed by atoms with Crippen molar-refractivity contribution in [3.05, 3.63) is 23.7 Å². The molecule has 0 amide bonds. The first-order valence-electron chi connectivity index (χ1n) is 5.90. The van der Waals surface area contributed by atoms with Crippen molar-refractivity contribution >= 4 is 0 Å². The standard InChI is InChI=1S/C12H20N2O2/c1-10-2-3-12(16-10)9-14-6-5-13-8-11(14)4-7-15/h2-3,11,13,15H,4-9H2,1H3/t11-/m0/s1. The van der Waals surface area contributed by atoms with Crippen LogP contribution in [0.25, 0.3) is 0 Å². The Morgan fingerprint density at radius 2 is 2.44 bits per heavy atom. The summed E-state index contributed by atoms with van der Waals surface area (Å²) in [4.78, 5) is 2.38. The van der Waals surface area contributed by atoms with Crippen molar-refractivity contribution in [3.8, 4) is 0 Å². The van der Waals surface area contributed by atoms with Crippen LogP contribution in [-0.2, 0) is 6.54 Å². The van der Waals surface area contributed by atoms with Gasteiger partial charge >= 0.3 is 0 Å². The minimum atomic E-state index is 0.250. The van der Waals surface area contributed by atoms with Crippen LogP contribution in [0.4, 0.5) is 0 Å². The highest BCUT2D eigenvalue weighted by Crippen LogP contribution is 2.14. The van der Waals surface area contributed by atoms with Crippen molar-refractivity contribution < 1.29 is 9.52 Å². The SMILES string of the molecule is Cc1ccc(CN2CCNC[C@@H]2CCO)o1. The summed E-state index contributed by atoms with van der Waals surface area (Å²) in [5.74, 6) is 1.98. The maximum absolute atomic E-state index is 9.03. The molecule has 1 saturated heterocycles. The lowest BCUT2D eigenvalue weighted by Gasteiger charge is -2.35. The third kappa shape index (κ3) is 2.84. The number of aryl methyl sites for hydroxylation is 1. The van der Waals surface area contributed by atoms with Crippen LogP contribution in [0, 0.1) is 6.92 Å². The summed E-state index contributed by atoms with van der Waals surface area (Å²) in [5.41, 5.74) is 0. The number of rotatable bonds is 4. The molecule has 16 heavy (non-hydrogen) atoms. The molecule has 4 heteroatoms. The van der Waals surface area contributed by atoms with E-state index < -0.39 is 0 Å². The molecule has 0 unspecified atom stereocenters. The van der Waals surface area contributed by atoms with Crippen LogP contribution in [0.2, 0.25) is 0 Å². The van der Waals surface area contributed by atoms with Crippen LogP contribution < -0.4 is 5.32 Å². The van der Waals surface area contributed by atoms with E-state index in [9.17, 15) is 0 Å². The molecule has 2 heterocycles. The van der Waals surface area contributed by atoms with E-state index in [1.165, 1.54) is 0 Å². The molecular formula is C12H20N2O2. The zero-order valence-electron chi connectivity index (χ0n) is 9.78. The summed E-state index contributed by atoms with van der Waals surface area (Å²) >= 11 is 0. The van der Waals surface area contributed by atoms with E-state index in [0.717, 1.165) is 44.1 Å². The summed E-state index contributed by atoms with van der Waals surface area (Å²) in [6.07, 6.45) is 0.826. The maximum atomic E-state index is 9.03. The van der Waals surface area contributed by atoms with Crippen LogP contribution in [0.3, 0.4) is 0 Å². The van der Waals surface area contributed by atoms with E-state index in [2.05, 4.69) is 10.2 Å². The fourth-order valence-electron chi connectivity index (χ4n) is 2.22. The molecule has 1 fully saturated rings. The van der Waals surface area contributed by atoms with Crippen molar-refractivity contribution in [1.82, 2.24) is 10.2 Å². The summed E-state index contributed by atoms with van der Waals surface area (Å²) < 4.78 is 5.59. The van der Waals surface area contributed by atoms with Gasteiger partial charge in [0.25, 0.3) is 0 Å². The second kappa shape index (κ2) is 5.48. The summed E-state index contributed by atoms with van der Waals surface area (Å²) in [7, 11) is 0. The van der Waals surface area contributed by atoms with Crippen LogP contribution in [-0.4, -0.2) is 42.3 Å². The van der Waals surface area contributed by atoms with Crippen molar-refractivity contribution in [3.63, 3.8) is 0 Å². The van der Waals surface area contributed by atoms with Gasteiger partial charge in [-0.05, 0) is 25.5 Å². The van der Waals surface area contributed by atoms with Gasteiger partial charge in [-0.1, -0.05) is 0 Å². The number of hydrogen-bond acceptors (Lipinski definition) is 4. The summed E-state index contributed by atoms with van der Waals surface area (Å²) in [6, 6.07) is 4.45. The van der Waals surface area contributed by atoms with E-state index in [4.69, 9.17) is 9.52 Å². The zero-order valence-corrected chi connectivity index (χ0v) is 9.78. The Balaban J connectivity index is 1.95. The highest BCUT2D eigenvalue weighted by Gasteiger charge is 2.22. The number of nitrogens with one attached hydrogen (secondary N) is 1. The van der Waals surface area contributed by atoms with Crippen LogP contribution in [0.1, 0.15) is 17.9 Å². The van der Waals surface area contributed by atoms with Crippen LogP contribution >= 0.6 is 0 Å².